The third kappa shape index (κ3) is 3.80. The Morgan fingerprint density at radius 1 is 1.06 bits per heavy atom. The molecule has 0 radical (unpaired) electrons. The Labute approximate surface area is 193 Å². The van der Waals surface area contributed by atoms with Crippen LogP contribution < -0.4 is 5.56 Å². The smallest absolute Gasteiger partial charge is 0.263 e. The summed E-state index contributed by atoms with van der Waals surface area (Å²) in [5.74, 6) is 0.801. The Kier molecular flexibility index (Phi) is 5.70. The summed E-state index contributed by atoms with van der Waals surface area (Å²) in [7, 11) is 2.15. The van der Waals surface area contributed by atoms with Crippen molar-refractivity contribution in [3.05, 3.63) is 75.4 Å². The van der Waals surface area contributed by atoms with Crippen molar-refractivity contribution in [3.63, 3.8) is 0 Å². The minimum absolute atomic E-state index is 0.0943. The Morgan fingerprint density at radius 2 is 1.81 bits per heavy atom. The van der Waals surface area contributed by atoms with Crippen molar-refractivity contribution in [2.45, 2.75) is 39.2 Å². The summed E-state index contributed by atoms with van der Waals surface area (Å²) < 4.78 is 2.00. The van der Waals surface area contributed by atoms with Crippen molar-refractivity contribution in [2.24, 2.45) is 0 Å². The summed E-state index contributed by atoms with van der Waals surface area (Å²) in [5, 5.41) is 2.86. The van der Waals surface area contributed by atoms with Crippen LogP contribution in [0, 0.1) is 6.92 Å². The SMILES string of the molecule is CCc1ccc(-c2csc3nc(-c4cccc(C)c4)n(C4CCN(C)CC4)c(=O)c23)cc1. The van der Waals surface area contributed by atoms with Crippen molar-refractivity contribution < 1.29 is 0 Å². The van der Waals surface area contributed by atoms with Gasteiger partial charge in [-0.2, -0.15) is 0 Å². The van der Waals surface area contributed by atoms with Crippen LogP contribution in [0.3, 0.4) is 0 Å². The summed E-state index contributed by atoms with van der Waals surface area (Å²) in [6.45, 7) is 6.24. The highest BCUT2D eigenvalue weighted by Crippen LogP contribution is 2.34. The molecule has 0 unspecified atom stereocenters. The number of thiophene rings is 1. The first-order chi connectivity index (χ1) is 15.5. The summed E-state index contributed by atoms with van der Waals surface area (Å²) in [6.07, 6.45) is 2.94. The van der Waals surface area contributed by atoms with Crippen molar-refractivity contribution in [1.29, 1.82) is 0 Å². The normalized spacial score (nSPS) is 15.5. The lowest BCUT2D eigenvalue weighted by Gasteiger charge is -2.31. The van der Waals surface area contributed by atoms with E-state index in [-0.39, 0.29) is 11.6 Å². The van der Waals surface area contributed by atoms with Gasteiger partial charge in [0.2, 0.25) is 0 Å². The van der Waals surface area contributed by atoms with Crippen LogP contribution in [0.4, 0.5) is 0 Å². The highest BCUT2D eigenvalue weighted by molar-refractivity contribution is 7.17. The van der Waals surface area contributed by atoms with Gasteiger partial charge < -0.3 is 4.90 Å². The summed E-state index contributed by atoms with van der Waals surface area (Å²) in [5.41, 5.74) is 5.68. The fourth-order valence-corrected chi connectivity index (χ4v) is 5.65. The average molecular weight is 444 g/mol. The third-order valence-corrected chi connectivity index (χ3v) is 7.51. The zero-order chi connectivity index (χ0) is 22.2. The van der Waals surface area contributed by atoms with Crippen molar-refractivity contribution in [1.82, 2.24) is 14.5 Å². The molecule has 0 N–H and O–H groups in total. The van der Waals surface area contributed by atoms with Crippen LogP contribution in [0.1, 0.15) is 36.9 Å². The highest BCUT2D eigenvalue weighted by Gasteiger charge is 2.25. The molecule has 1 saturated heterocycles. The number of nitrogens with zero attached hydrogens (tertiary/aromatic N) is 3. The first kappa shape index (κ1) is 21.1. The molecule has 0 bridgehead atoms. The number of rotatable bonds is 4. The maximum atomic E-state index is 14.1. The molecule has 3 heterocycles. The third-order valence-electron chi connectivity index (χ3n) is 6.64. The molecule has 0 amide bonds. The molecule has 0 spiro atoms. The molecule has 32 heavy (non-hydrogen) atoms. The van der Waals surface area contributed by atoms with E-state index in [1.165, 1.54) is 11.1 Å². The molecule has 1 fully saturated rings. The molecule has 5 heteroatoms. The van der Waals surface area contributed by atoms with E-state index in [4.69, 9.17) is 4.98 Å². The minimum atomic E-state index is 0.0943. The van der Waals surface area contributed by atoms with Gasteiger partial charge in [0.25, 0.3) is 5.56 Å². The molecule has 5 rings (SSSR count). The zero-order valence-corrected chi connectivity index (χ0v) is 19.8. The Bertz CT molecular complexity index is 1310. The van der Waals surface area contributed by atoms with Gasteiger partial charge in [0.05, 0.1) is 5.39 Å². The van der Waals surface area contributed by atoms with Crippen LogP contribution in [-0.2, 0) is 6.42 Å². The van der Waals surface area contributed by atoms with Gasteiger partial charge in [-0.1, -0.05) is 55.0 Å². The first-order valence-corrected chi connectivity index (χ1v) is 12.3. The number of likely N-dealkylation sites (tertiary alicyclic amines) is 1. The first-order valence-electron chi connectivity index (χ1n) is 11.4. The highest BCUT2D eigenvalue weighted by atomic mass is 32.1. The molecule has 2 aromatic heterocycles. The van der Waals surface area contributed by atoms with Crippen LogP contribution >= 0.6 is 11.3 Å². The molecule has 4 nitrogen and oxygen atoms in total. The predicted molar refractivity (Wildman–Crippen MR) is 135 cm³/mol. The van der Waals surface area contributed by atoms with E-state index in [2.05, 4.69) is 79.7 Å². The fourth-order valence-electron chi connectivity index (χ4n) is 4.72. The topological polar surface area (TPSA) is 38.1 Å². The van der Waals surface area contributed by atoms with Gasteiger partial charge in [-0.3, -0.25) is 9.36 Å². The summed E-state index contributed by atoms with van der Waals surface area (Å²) in [4.78, 5) is 22.3. The number of hydrogen-bond acceptors (Lipinski definition) is 4. The van der Waals surface area contributed by atoms with Crippen LogP contribution in [0.25, 0.3) is 32.7 Å². The number of benzene rings is 2. The lowest BCUT2D eigenvalue weighted by molar-refractivity contribution is 0.219. The molecule has 0 atom stereocenters. The van der Waals surface area contributed by atoms with Crippen LogP contribution in [0.5, 0.6) is 0 Å². The monoisotopic (exact) mass is 443 g/mol. The second-order valence-corrected chi connectivity index (χ2v) is 9.75. The molecule has 4 aromatic rings. The second kappa shape index (κ2) is 8.64. The van der Waals surface area contributed by atoms with Gasteiger partial charge in [-0.15, -0.1) is 11.3 Å². The van der Waals surface area contributed by atoms with Gasteiger partial charge in [0.15, 0.2) is 0 Å². The van der Waals surface area contributed by atoms with Crippen molar-refractivity contribution >= 4 is 21.6 Å². The van der Waals surface area contributed by atoms with Gasteiger partial charge in [-0.05, 0) is 63.5 Å². The summed E-state index contributed by atoms with van der Waals surface area (Å²) in [6, 6.07) is 17.1. The summed E-state index contributed by atoms with van der Waals surface area (Å²) >= 11 is 1.57. The molecule has 1 aliphatic heterocycles. The maximum absolute atomic E-state index is 14.1. The quantitative estimate of drug-likeness (QED) is 0.392. The lowest BCUT2D eigenvalue weighted by Crippen LogP contribution is -2.36. The van der Waals surface area contributed by atoms with E-state index in [9.17, 15) is 4.79 Å². The van der Waals surface area contributed by atoms with Gasteiger partial charge in [-0.25, -0.2) is 4.98 Å². The van der Waals surface area contributed by atoms with E-state index in [0.29, 0.717) is 0 Å². The largest absolute Gasteiger partial charge is 0.306 e. The predicted octanol–water partition coefficient (Wildman–Crippen LogP) is 5.93. The Hall–Kier alpha value is -2.76. The van der Waals surface area contributed by atoms with Crippen LogP contribution in [0.2, 0.25) is 0 Å². The van der Waals surface area contributed by atoms with E-state index in [1.54, 1.807) is 11.3 Å². The second-order valence-electron chi connectivity index (χ2n) is 8.89. The molecular formula is C27H29N3OS. The molecule has 1 aliphatic rings. The van der Waals surface area contributed by atoms with Crippen LogP contribution in [0.15, 0.2) is 58.7 Å². The van der Waals surface area contributed by atoms with E-state index in [0.717, 1.165) is 65.1 Å². The number of piperidine rings is 1. The maximum Gasteiger partial charge on any atom is 0.263 e. The van der Waals surface area contributed by atoms with Gasteiger partial charge in [0, 0.05) is 22.5 Å². The standard InChI is InChI=1S/C27H29N3OS/c1-4-19-8-10-20(11-9-19)23-17-32-26-24(23)27(31)30(22-12-14-29(3)15-13-22)25(28-26)21-7-5-6-18(2)16-21/h5-11,16-17,22H,4,12-15H2,1-3H3. The minimum Gasteiger partial charge on any atom is -0.306 e. The van der Waals surface area contributed by atoms with E-state index < -0.39 is 0 Å². The number of aromatic nitrogens is 2. The Morgan fingerprint density at radius 3 is 2.50 bits per heavy atom. The molecule has 164 valence electrons. The lowest BCUT2D eigenvalue weighted by atomic mass is 10.0. The molecule has 2 aromatic carbocycles. The van der Waals surface area contributed by atoms with E-state index >= 15 is 0 Å². The number of aryl methyl sites for hydroxylation is 2. The molecule has 0 aliphatic carbocycles. The van der Waals surface area contributed by atoms with Crippen molar-refractivity contribution in [2.75, 3.05) is 20.1 Å². The van der Waals surface area contributed by atoms with Gasteiger partial charge >= 0.3 is 0 Å². The molecular weight excluding hydrogens is 414 g/mol. The van der Waals surface area contributed by atoms with Gasteiger partial charge in [0.1, 0.15) is 10.7 Å². The number of fused-ring (bicyclic) bond motifs is 1. The van der Waals surface area contributed by atoms with Crippen molar-refractivity contribution in [3.8, 4) is 22.5 Å². The fraction of sp³-hybridized carbons (Fsp3) is 0.333. The Balaban J connectivity index is 1.73. The van der Waals surface area contributed by atoms with Crippen LogP contribution in [-0.4, -0.2) is 34.6 Å². The van der Waals surface area contributed by atoms with E-state index in [1.807, 2.05) is 4.57 Å². The average Bonchev–Trinajstić information content (AvgIpc) is 3.24. The number of hydrogen-bond donors (Lipinski definition) is 0. The molecule has 0 saturated carbocycles. The zero-order valence-electron chi connectivity index (χ0n) is 19.0.